The third-order valence-electron chi connectivity index (χ3n) is 1.88. The zero-order valence-corrected chi connectivity index (χ0v) is 7.45. The van der Waals surface area contributed by atoms with Crippen molar-refractivity contribution < 1.29 is 14.3 Å². The van der Waals surface area contributed by atoms with Gasteiger partial charge >= 0.3 is 6.03 Å². The summed E-state index contributed by atoms with van der Waals surface area (Å²) in [6.07, 6.45) is -0.675. The molecule has 1 aliphatic heterocycles. The number of hydrogen-bond acceptors (Lipinski definition) is 3. The van der Waals surface area contributed by atoms with E-state index in [0.29, 0.717) is 13.2 Å². The lowest BCUT2D eigenvalue weighted by atomic mass is 10.3. The molecule has 0 aromatic heterocycles. The van der Waals surface area contributed by atoms with Gasteiger partial charge in [0, 0.05) is 13.6 Å². The van der Waals surface area contributed by atoms with E-state index in [1.54, 1.807) is 0 Å². The Hall–Kier alpha value is -1.30. The van der Waals surface area contributed by atoms with Crippen LogP contribution in [-0.2, 0) is 9.53 Å². The van der Waals surface area contributed by atoms with E-state index in [1.165, 1.54) is 11.9 Å². The van der Waals surface area contributed by atoms with Crippen LogP contribution >= 0.6 is 0 Å². The minimum Gasteiger partial charge on any atom is -0.367 e. The van der Waals surface area contributed by atoms with Crippen LogP contribution in [0.1, 0.15) is 0 Å². The second-order valence-corrected chi connectivity index (χ2v) is 2.76. The number of urea groups is 1. The molecule has 0 aromatic carbocycles. The SMILES string of the molecule is CNC(=O)N1CCOC(C(N)=O)C1. The predicted octanol–water partition coefficient (Wildman–Crippen LogP) is -1.49. The van der Waals surface area contributed by atoms with Gasteiger partial charge < -0.3 is 20.7 Å². The van der Waals surface area contributed by atoms with Crippen LogP contribution < -0.4 is 11.1 Å². The molecule has 0 aliphatic carbocycles. The van der Waals surface area contributed by atoms with E-state index in [-0.39, 0.29) is 12.6 Å². The Balaban J connectivity index is 2.51. The van der Waals surface area contributed by atoms with Crippen LogP contribution in [-0.4, -0.2) is 49.7 Å². The average Bonchev–Trinajstić information content (AvgIpc) is 2.17. The number of nitrogens with zero attached hydrogens (tertiary/aromatic N) is 1. The van der Waals surface area contributed by atoms with Crippen LogP contribution in [0.3, 0.4) is 0 Å². The number of morpholine rings is 1. The number of hydrogen-bond donors (Lipinski definition) is 2. The first kappa shape index (κ1) is 9.79. The van der Waals surface area contributed by atoms with Crippen molar-refractivity contribution in [3.05, 3.63) is 0 Å². The van der Waals surface area contributed by atoms with Crippen LogP contribution in [0.5, 0.6) is 0 Å². The summed E-state index contributed by atoms with van der Waals surface area (Å²) < 4.78 is 5.07. The molecule has 3 amide bonds. The zero-order valence-electron chi connectivity index (χ0n) is 7.45. The fraction of sp³-hybridized carbons (Fsp3) is 0.714. The summed E-state index contributed by atoms with van der Waals surface area (Å²) in [5.74, 6) is -0.534. The smallest absolute Gasteiger partial charge is 0.317 e. The summed E-state index contributed by atoms with van der Waals surface area (Å²) in [6, 6.07) is -0.213. The highest BCUT2D eigenvalue weighted by atomic mass is 16.5. The Labute approximate surface area is 76.0 Å². The van der Waals surface area contributed by atoms with Crippen molar-refractivity contribution in [2.24, 2.45) is 5.73 Å². The lowest BCUT2D eigenvalue weighted by Crippen LogP contribution is -2.52. The van der Waals surface area contributed by atoms with E-state index in [4.69, 9.17) is 10.5 Å². The number of nitrogens with one attached hydrogen (secondary N) is 1. The van der Waals surface area contributed by atoms with Crippen molar-refractivity contribution in [1.29, 1.82) is 0 Å². The fourth-order valence-corrected chi connectivity index (χ4v) is 1.16. The maximum atomic E-state index is 11.1. The molecule has 6 heteroatoms. The molecule has 1 aliphatic rings. The molecule has 1 heterocycles. The number of nitrogens with two attached hydrogens (primary N) is 1. The van der Waals surface area contributed by atoms with Crippen molar-refractivity contribution >= 4 is 11.9 Å². The van der Waals surface area contributed by atoms with E-state index in [2.05, 4.69) is 5.32 Å². The van der Waals surface area contributed by atoms with Crippen LogP contribution in [0.25, 0.3) is 0 Å². The van der Waals surface area contributed by atoms with Crippen LogP contribution in [0.15, 0.2) is 0 Å². The number of rotatable bonds is 1. The zero-order chi connectivity index (χ0) is 9.84. The van der Waals surface area contributed by atoms with Crippen molar-refractivity contribution in [1.82, 2.24) is 10.2 Å². The Morgan fingerprint density at radius 1 is 1.62 bits per heavy atom. The predicted molar refractivity (Wildman–Crippen MR) is 45.0 cm³/mol. The van der Waals surface area contributed by atoms with E-state index in [9.17, 15) is 9.59 Å². The molecular weight excluding hydrogens is 174 g/mol. The Bertz CT molecular complexity index is 219. The first-order valence-corrected chi connectivity index (χ1v) is 4.02. The number of primary amides is 1. The van der Waals surface area contributed by atoms with Gasteiger partial charge in [-0.1, -0.05) is 0 Å². The highest BCUT2D eigenvalue weighted by Crippen LogP contribution is 2.04. The van der Waals surface area contributed by atoms with Gasteiger partial charge in [-0.15, -0.1) is 0 Å². The minimum absolute atomic E-state index is 0.213. The minimum atomic E-state index is -0.675. The van der Waals surface area contributed by atoms with Crippen molar-refractivity contribution in [3.63, 3.8) is 0 Å². The third-order valence-corrected chi connectivity index (χ3v) is 1.88. The molecule has 6 nitrogen and oxygen atoms in total. The largest absolute Gasteiger partial charge is 0.367 e. The number of amides is 3. The van der Waals surface area contributed by atoms with E-state index in [0.717, 1.165) is 0 Å². The van der Waals surface area contributed by atoms with Crippen molar-refractivity contribution in [2.45, 2.75) is 6.10 Å². The number of carbonyl (C=O) groups is 2. The second kappa shape index (κ2) is 4.08. The molecule has 0 saturated carbocycles. The molecule has 3 N–H and O–H groups in total. The summed E-state index contributed by atoms with van der Waals surface area (Å²) in [5, 5.41) is 2.47. The first-order chi connectivity index (χ1) is 6.15. The quantitative estimate of drug-likeness (QED) is 0.524. The maximum absolute atomic E-state index is 11.1. The third kappa shape index (κ3) is 2.32. The van der Waals surface area contributed by atoms with Crippen LogP contribution in [0, 0.1) is 0 Å². The Kier molecular flexibility index (Phi) is 3.07. The van der Waals surface area contributed by atoms with Crippen LogP contribution in [0.2, 0.25) is 0 Å². The van der Waals surface area contributed by atoms with Crippen molar-refractivity contribution in [3.8, 4) is 0 Å². The Morgan fingerprint density at radius 2 is 2.31 bits per heavy atom. The summed E-state index contributed by atoms with van der Waals surface area (Å²) in [6.45, 7) is 1.07. The molecule has 1 rings (SSSR count). The van der Waals surface area contributed by atoms with Crippen LogP contribution in [0.4, 0.5) is 4.79 Å². The number of carbonyl (C=O) groups excluding carboxylic acids is 2. The summed E-state index contributed by atoms with van der Waals surface area (Å²) >= 11 is 0. The molecule has 1 atom stereocenters. The summed E-state index contributed by atoms with van der Waals surface area (Å²) in [5.41, 5.74) is 5.05. The van der Waals surface area contributed by atoms with Gasteiger partial charge in [-0.2, -0.15) is 0 Å². The van der Waals surface area contributed by atoms with Gasteiger partial charge in [0.2, 0.25) is 5.91 Å². The normalized spacial score (nSPS) is 22.5. The molecule has 0 bridgehead atoms. The molecule has 0 aromatic rings. The second-order valence-electron chi connectivity index (χ2n) is 2.76. The van der Waals surface area contributed by atoms with Gasteiger partial charge in [0.15, 0.2) is 6.10 Å². The first-order valence-electron chi connectivity index (χ1n) is 4.02. The lowest BCUT2D eigenvalue weighted by Gasteiger charge is -2.30. The van der Waals surface area contributed by atoms with Gasteiger partial charge in [-0.25, -0.2) is 4.79 Å². The lowest BCUT2D eigenvalue weighted by molar-refractivity contribution is -0.133. The number of ether oxygens (including phenoxy) is 1. The summed E-state index contributed by atoms with van der Waals surface area (Å²) in [7, 11) is 1.54. The molecule has 0 radical (unpaired) electrons. The highest BCUT2D eigenvalue weighted by molar-refractivity contribution is 5.81. The van der Waals surface area contributed by atoms with Gasteiger partial charge in [0.25, 0.3) is 0 Å². The molecule has 74 valence electrons. The van der Waals surface area contributed by atoms with Gasteiger partial charge in [0.05, 0.1) is 13.2 Å². The average molecular weight is 187 g/mol. The van der Waals surface area contributed by atoms with E-state index < -0.39 is 12.0 Å². The molecule has 0 spiro atoms. The molecular formula is C7H13N3O3. The van der Waals surface area contributed by atoms with Crippen molar-refractivity contribution in [2.75, 3.05) is 26.7 Å². The topological polar surface area (TPSA) is 84.7 Å². The fourth-order valence-electron chi connectivity index (χ4n) is 1.16. The molecule has 1 saturated heterocycles. The van der Waals surface area contributed by atoms with E-state index >= 15 is 0 Å². The monoisotopic (exact) mass is 187 g/mol. The van der Waals surface area contributed by atoms with E-state index in [1.807, 2.05) is 0 Å². The van der Waals surface area contributed by atoms with Gasteiger partial charge in [-0.3, -0.25) is 4.79 Å². The molecule has 13 heavy (non-hydrogen) atoms. The summed E-state index contributed by atoms with van der Waals surface area (Å²) in [4.78, 5) is 23.4. The van der Waals surface area contributed by atoms with Gasteiger partial charge in [0.1, 0.15) is 0 Å². The molecule has 1 fully saturated rings. The Morgan fingerprint density at radius 3 is 2.85 bits per heavy atom. The highest BCUT2D eigenvalue weighted by Gasteiger charge is 2.26. The van der Waals surface area contributed by atoms with Gasteiger partial charge in [-0.05, 0) is 0 Å². The maximum Gasteiger partial charge on any atom is 0.317 e. The standard InChI is InChI=1S/C7H13N3O3/c1-9-7(12)10-2-3-13-5(4-10)6(8)11/h5H,2-4H2,1H3,(H2,8,11)(H,9,12). The molecule has 1 unspecified atom stereocenters.